The summed E-state index contributed by atoms with van der Waals surface area (Å²) < 4.78 is 123. The van der Waals surface area contributed by atoms with Crippen LogP contribution in [0.4, 0.5) is 27.5 Å². The Morgan fingerprint density at radius 3 is 1.21 bits per heavy atom. The molecule has 17 nitrogen and oxygen atoms in total. The number of amides is 2. The van der Waals surface area contributed by atoms with Gasteiger partial charge in [-0.1, -0.05) is 24.3 Å². The maximum absolute atomic E-state index is 13.2. The Balaban J connectivity index is 1.18. The van der Waals surface area contributed by atoms with Gasteiger partial charge in [0.1, 0.15) is 21.3 Å². The number of urea groups is 1. The third kappa shape index (κ3) is 7.89. The minimum Gasteiger partial charge on any atom is -0.507 e. The summed E-state index contributed by atoms with van der Waals surface area (Å²) in [5.41, 5.74) is 1.45. The number of carbonyl (C=O) groups excluding carboxylic acids is 1. The zero-order chi connectivity index (χ0) is 41.0. The van der Waals surface area contributed by atoms with Crippen molar-refractivity contribution in [2.45, 2.75) is 33.4 Å². The minimum absolute atomic E-state index is 0.120. The third-order valence-electron chi connectivity index (χ3n) is 8.46. The van der Waals surface area contributed by atoms with Gasteiger partial charge in [0.15, 0.2) is 0 Å². The Hall–Kier alpha value is -5.97. The van der Waals surface area contributed by atoms with Crippen LogP contribution < -0.4 is 20.1 Å². The summed E-state index contributed by atoms with van der Waals surface area (Å²) in [5.74, 6) is -0.819. The summed E-state index contributed by atoms with van der Waals surface area (Å²) >= 11 is 0. The van der Waals surface area contributed by atoms with Crippen molar-refractivity contribution in [3.8, 4) is 11.5 Å². The monoisotopic (exact) mass is 842 g/mol. The number of hydrogen-bond acceptors (Lipinski definition) is 13. The first-order valence-electron chi connectivity index (χ1n) is 15.9. The van der Waals surface area contributed by atoms with Gasteiger partial charge in [-0.3, -0.25) is 9.11 Å². The van der Waals surface area contributed by atoms with Crippen LogP contribution in [0.5, 0.6) is 11.5 Å². The number of rotatable bonds is 10. The standard InChI is InChI=1S/C35H30N4O13S4/c1-19-17-21(36-25-11-13-27(40)33-23(25)5-3-7-31(33)55(47,48)49)9-15-29(19)53(43,44)38-35(42)39-54(45,46)30-16-10-22(18-20(30)2)37-26-12-14-28(41)34-24(26)6-4-8-32(34)56(50,51)52/h3-18,36-37,40-41H,1-2H3,(H2,38,39,42)(H,47,48,49)(H,50,51,52). The summed E-state index contributed by atoms with van der Waals surface area (Å²) in [4.78, 5) is 11.0. The van der Waals surface area contributed by atoms with Crippen molar-refractivity contribution in [3.05, 3.63) is 108 Å². The fourth-order valence-electron chi connectivity index (χ4n) is 6.10. The molecule has 0 aliphatic carbocycles. The number of aryl methyl sites for hydroxylation is 2. The number of phenolic OH excluding ortho intramolecular Hbond substituents is 2. The highest BCUT2D eigenvalue weighted by atomic mass is 32.2. The van der Waals surface area contributed by atoms with Gasteiger partial charge in [-0.25, -0.2) is 31.1 Å². The van der Waals surface area contributed by atoms with Crippen molar-refractivity contribution in [1.29, 1.82) is 0 Å². The number of benzene rings is 6. The van der Waals surface area contributed by atoms with Gasteiger partial charge in [-0.15, -0.1) is 0 Å². The van der Waals surface area contributed by atoms with Crippen molar-refractivity contribution >= 4 is 90.6 Å². The van der Waals surface area contributed by atoms with E-state index in [1.165, 1.54) is 86.6 Å². The molecular formula is C35H30N4O13S4. The molecule has 292 valence electrons. The fraction of sp³-hybridized carbons (Fsp3) is 0.0571. The maximum Gasteiger partial charge on any atom is 0.342 e. The first kappa shape index (κ1) is 39.7. The van der Waals surface area contributed by atoms with E-state index >= 15 is 0 Å². The van der Waals surface area contributed by atoms with E-state index in [-0.39, 0.29) is 42.5 Å². The van der Waals surface area contributed by atoms with E-state index in [1.807, 2.05) is 0 Å². The second-order valence-electron chi connectivity index (χ2n) is 12.3. The molecule has 8 N–H and O–H groups in total. The van der Waals surface area contributed by atoms with E-state index < -0.39 is 67.6 Å². The van der Waals surface area contributed by atoms with Crippen LogP contribution in [0.1, 0.15) is 11.1 Å². The second kappa shape index (κ2) is 14.3. The van der Waals surface area contributed by atoms with Gasteiger partial charge in [-0.2, -0.15) is 16.8 Å². The van der Waals surface area contributed by atoms with Crippen LogP contribution >= 0.6 is 0 Å². The number of nitrogens with one attached hydrogen (secondary N) is 4. The first-order valence-corrected chi connectivity index (χ1v) is 21.7. The van der Waals surface area contributed by atoms with Gasteiger partial charge in [0.2, 0.25) is 0 Å². The molecule has 6 aromatic rings. The Morgan fingerprint density at radius 2 is 0.875 bits per heavy atom. The summed E-state index contributed by atoms with van der Waals surface area (Å²) in [6.07, 6.45) is 0. The molecule has 0 aromatic heterocycles. The van der Waals surface area contributed by atoms with E-state index in [4.69, 9.17) is 0 Å². The normalized spacial score (nSPS) is 12.4. The summed E-state index contributed by atoms with van der Waals surface area (Å²) in [5, 5.41) is 26.8. The van der Waals surface area contributed by atoms with Crippen LogP contribution in [-0.2, 0) is 40.3 Å². The van der Waals surface area contributed by atoms with Crippen molar-refractivity contribution < 1.29 is 57.8 Å². The number of fused-ring (bicyclic) bond motifs is 2. The molecule has 0 spiro atoms. The smallest absolute Gasteiger partial charge is 0.342 e. The number of hydrogen-bond donors (Lipinski definition) is 8. The van der Waals surface area contributed by atoms with Crippen molar-refractivity contribution in [2.24, 2.45) is 0 Å². The number of phenols is 2. The number of anilines is 4. The molecule has 0 fully saturated rings. The van der Waals surface area contributed by atoms with Crippen LogP contribution in [0, 0.1) is 13.8 Å². The molecule has 6 rings (SSSR count). The topological polar surface area (TPSA) is 283 Å². The molecule has 0 unspecified atom stereocenters. The van der Waals surface area contributed by atoms with Gasteiger partial charge >= 0.3 is 6.03 Å². The Labute approximate surface area is 320 Å². The Kier molecular flexibility index (Phi) is 10.1. The molecule has 0 saturated heterocycles. The highest BCUT2D eigenvalue weighted by Crippen LogP contribution is 2.38. The molecular weight excluding hydrogens is 813 g/mol. The van der Waals surface area contributed by atoms with E-state index in [9.17, 15) is 57.8 Å². The van der Waals surface area contributed by atoms with Gasteiger partial charge in [0.25, 0.3) is 40.3 Å². The quantitative estimate of drug-likeness (QED) is 0.0635. The molecule has 6 aromatic carbocycles. The molecule has 0 aliphatic heterocycles. The number of carbonyl (C=O) groups is 1. The Bertz CT molecular complexity index is 2880. The van der Waals surface area contributed by atoms with Crippen molar-refractivity contribution in [1.82, 2.24) is 9.44 Å². The SMILES string of the molecule is Cc1cc(Nc2ccc(O)c3c(S(=O)(=O)O)cccc23)ccc1S(=O)(=O)NC(=O)NS(=O)(=O)c1ccc(Nc2ccc(O)c3c(S(=O)(=O)O)cccc23)cc1C. The maximum atomic E-state index is 13.2. The van der Waals surface area contributed by atoms with Crippen LogP contribution in [0.15, 0.2) is 117 Å². The van der Waals surface area contributed by atoms with Gasteiger partial charge in [0.05, 0.1) is 9.79 Å². The molecule has 0 radical (unpaired) electrons. The number of aromatic hydroxyl groups is 2. The van der Waals surface area contributed by atoms with Gasteiger partial charge < -0.3 is 20.8 Å². The highest BCUT2D eigenvalue weighted by Gasteiger charge is 2.26. The molecule has 0 bridgehead atoms. The number of sulfonamides is 2. The average molecular weight is 843 g/mol. The van der Waals surface area contributed by atoms with E-state index in [0.717, 1.165) is 24.3 Å². The van der Waals surface area contributed by atoms with Crippen LogP contribution in [0.25, 0.3) is 21.5 Å². The lowest BCUT2D eigenvalue weighted by atomic mass is 10.1. The third-order valence-corrected chi connectivity index (χ3v) is 13.2. The van der Waals surface area contributed by atoms with Crippen LogP contribution in [-0.4, -0.2) is 59.0 Å². The molecule has 21 heteroatoms. The lowest BCUT2D eigenvalue weighted by Crippen LogP contribution is -2.42. The van der Waals surface area contributed by atoms with E-state index in [2.05, 4.69) is 10.6 Å². The zero-order valence-corrected chi connectivity index (χ0v) is 32.1. The van der Waals surface area contributed by atoms with Crippen molar-refractivity contribution in [3.63, 3.8) is 0 Å². The molecule has 56 heavy (non-hydrogen) atoms. The second-order valence-corrected chi connectivity index (χ2v) is 18.4. The first-order chi connectivity index (χ1) is 26.1. The van der Waals surface area contributed by atoms with Crippen LogP contribution in [0.3, 0.4) is 0 Å². The van der Waals surface area contributed by atoms with Gasteiger partial charge in [-0.05, 0) is 97.8 Å². The molecule has 0 aliphatic rings. The summed E-state index contributed by atoms with van der Waals surface area (Å²) in [6.45, 7) is 2.82. The largest absolute Gasteiger partial charge is 0.507 e. The lowest BCUT2D eigenvalue weighted by Gasteiger charge is -2.16. The summed E-state index contributed by atoms with van der Waals surface area (Å²) in [6, 6.07) is 19.4. The molecule has 2 amide bonds. The minimum atomic E-state index is -4.70. The van der Waals surface area contributed by atoms with Gasteiger partial charge in [0, 0.05) is 44.3 Å². The predicted molar refractivity (Wildman–Crippen MR) is 206 cm³/mol. The predicted octanol–water partition coefficient (Wildman–Crippen LogP) is 5.38. The molecule has 0 atom stereocenters. The lowest BCUT2D eigenvalue weighted by molar-refractivity contribution is 0.250. The molecule has 0 saturated carbocycles. The van der Waals surface area contributed by atoms with Crippen molar-refractivity contribution in [2.75, 3.05) is 10.6 Å². The van der Waals surface area contributed by atoms with E-state index in [0.29, 0.717) is 22.7 Å². The fourth-order valence-corrected chi connectivity index (χ4v) is 9.88. The highest BCUT2D eigenvalue weighted by molar-refractivity contribution is 7.91. The average Bonchev–Trinajstić information content (AvgIpc) is 3.09. The molecule has 0 heterocycles. The summed E-state index contributed by atoms with van der Waals surface area (Å²) in [7, 11) is -18.7. The Morgan fingerprint density at radius 1 is 0.500 bits per heavy atom. The van der Waals surface area contributed by atoms with E-state index in [1.54, 1.807) is 9.44 Å². The zero-order valence-electron chi connectivity index (χ0n) is 28.8. The van der Waals surface area contributed by atoms with Crippen LogP contribution in [0.2, 0.25) is 0 Å².